The van der Waals surface area contributed by atoms with Gasteiger partial charge in [-0.3, -0.25) is 4.79 Å². The molecule has 118 valence electrons. The molecule has 0 aliphatic rings. The summed E-state index contributed by atoms with van der Waals surface area (Å²) in [6, 6.07) is 1.61. The van der Waals surface area contributed by atoms with Crippen molar-refractivity contribution in [3.05, 3.63) is 27.2 Å². The highest BCUT2D eigenvalue weighted by molar-refractivity contribution is 7.89. The lowest BCUT2D eigenvalue weighted by Gasteiger charge is -2.20. The fourth-order valence-corrected chi connectivity index (χ4v) is 4.22. The lowest BCUT2D eigenvalue weighted by Crippen LogP contribution is -2.29. The number of hydrogen-bond donors (Lipinski definition) is 1. The lowest BCUT2D eigenvalue weighted by atomic mass is 10.2. The number of rotatable bonds is 6. The molecule has 5 nitrogen and oxygen atoms in total. The summed E-state index contributed by atoms with van der Waals surface area (Å²) in [5.74, 6) is -0.964. The van der Waals surface area contributed by atoms with Crippen LogP contribution in [0.5, 0.6) is 0 Å². The molecule has 0 spiro atoms. The molecule has 0 aliphatic carbocycles. The predicted molar refractivity (Wildman–Crippen MR) is 82.6 cm³/mol. The minimum absolute atomic E-state index is 0.0213. The molecule has 1 N–H and O–H groups in total. The molecule has 0 atom stereocenters. The molecule has 8 heteroatoms. The number of nitrogens with zero attached hydrogens (tertiary/aromatic N) is 1. The molecule has 0 unspecified atom stereocenters. The van der Waals surface area contributed by atoms with E-state index in [0.29, 0.717) is 16.1 Å². The molecular formula is C13H17Cl2NO4S. The number of aryl methyl sites for hydroxylation is 1. The van der Waals surface area contributed by atoms with Gasteiger partial charge in [-0.1, -0.05) is 23.2 Å². The Morgan fingerprint density at radius 2 is 1.90 bits per heavy atom. The van der Waals surface area contributed by atoms with Crippen molar-refractivity contribution < 1.29 is 18.3 Å². The largest absolute Gasteiger partial charge is 0.481 e. The number of aliphatic carboxylic acids is 1. The van der Waals surface area contributed by atoms with Crippen molar-refractivity contribution in [3.8, 4) is 0 Å². The third-order valence-corrected chi connectivity index (χ3v) is 6.14. The van der Waals surface area contributed by atoms with Crippen LogP contribution in [0.3, 0.4) is 0 Å². The Labute approximate surface area is 134 Å². The van der Waals surface area contributed by atoms with Gasteiger partial charge in [0.05, 0.1) is 5.02 Å². The van der Waals surface area contributed by atoms with Crippen molar-refractivity contribution >= 4 is 39.2 Å². The van der Waals surface area contributed by atoms with Crippen molar-refractivity contribution in [2.75, 3.05) is 13.6 Å². The van der Waals surface area contributed by atoms with Crippen LogP contribution in [0.4, 0.5) is 0 Å². The molecular weight excluding hydrogens is 337 g/mol. The van der Waals surface area contributed by atoms with E-state index >= 15 is 0 Å². The second-order valence-corrected chi connectivity index (χ2v) is 7.53. The first-order valence-corrected chi connectivity index (χ1v) is 8.42. The summed E-state index contributed by atoms with van der Waals surface area (Å²) in [6.45, 7) is 3.36. The zero-order valence-electron chi connectivity index (χ0n) is 12.0. The minimum Gasteiger partial charge on any atom is -0.481 e. The summed E-state index contributed by atoms with van der Waals surface area (Å²) in [5.41, 5.74) is 0.960. The van der Waals surface area contributed by atoms with Crippen molar-refractivity contribution in [1.29, 1.82) is 0 Å². The van der Waals surface area contributed by atoms with Gasteiger partial charge in [0.2, 0.25) is 10.0 Å². The van der Waals surface area contributed by atoms with E-state index in [9.17, 15) is 13.2 Å². The Morgan fingerprint density at radius 3 is 2.43 bits per heavy atom. The number of carbonyl (C=O) groups is 1. The number of halogens is 2. The van der Waals surface area contributed by atoms with Crippen LogP contribution in [0.15, 0.2) is 11.0 Å². The third-order valence-electron chi connectivity index (χ3n) is 3.12. The summed E-state index contributed by atoms with van der Waals surface area (Å²) >= 11 is 12.2. The van der Waals surface area contributed by atoms with Crippen LogP contribution in [-0.2, 0) is 14.8 Å². The van der Waals surface area contributed by atoms with Gasteiger partial charge < -0.3 is 5.11 Å². The van der Waals surface area contributed by atoms with Gasteiger partial charge in [0, 0.05) is 25.0 Å². The molecule has 1 aromatic carbocycles. The van der Waals surface area contributed by atoms with Crippen LogP contribution in [0.25, 0.3) is 0 Å². The van der Waals surface area contributed by atoms with Crippen molar-refractivity contribution in [3.63, 3.8) is 0 Å². The van der Waals surface area contributed by atoms with Gasteiger partial charge in [-0.2, -0.15) is 0 Å². The maximum atomic E-state index is 12.6. The quantitative estimate of drug-likeness (QED) is 0.852. The maximum absolute atomic E-state index is 12.6. The maximum Gasteiger partial charge on any atom is 0.303 e. The summed E-state index contributed by atoms with van der Waals surface area (Å²) in [4.78, 5) is 10.5. The highest BCUT2D eigenvalue weighted by Gasteiger charge is 2.27. The molecule has 0 bridgehead atoms. The summed E-state index contributed by atoms with van der Waals surface area (Å²) in [6.07, 6.45) is 0.127. The molecule has 0 saturated heterocycles. The molecule has 1 rings (SSSR count). The first-order chi connectivity index (χ1) is 9.59. The number of benzene rings is 1. The molecule has 0 saturated carbocycles. The van der Waals surface area contributed by atoms with Crippen LogP contribution in [0, 0.1) is 13.8 Å². The normalized spacial score (nSPS) is 11.9. The van der Waals surface area contributed by atoms with Gasteiger partial charge in [0.25, 0.3) is 0 Å². The summed E-state index contributed by atoms with van der Waals surface area (Å²) in [7, 11) is -2.43. The Hall–Kier alpha value is -0.820. The zero-order chi connectivity index (χ0) is 16.4. The van der Waals surface area contributed by atoms with E-state index in [1.807, 2.05) is 0 Å². The third kappa shape index (κ3) is 4.10. The van der Waals surface area contributed by atoms with Crippen molar-refractivity contribution in [2.45, 2.75) is 31.6 Å². The van der Waals surface area contributed by atoms with Crippen LogP contribution < -0.4 is 0 Å². The fourth-order valence-electron chi connectivity index (χ4n) is 1.85. The smallest absolute Gasteiger partial charge is 0.303 e. The van der Waals surface area contributed by atoms with Crippen LogP contribution >= 0.6 is 23.2 Å². The molecule has 0 heterocycles. The van der Waals surface area contributed by atoms with Gasteiger partial charge in [-0.25, -0.2) is 12.7 Å². The van der Waals surface area contributed by atoms with E-state index in [2.05, 4.69) is 0 Å². The first-order valence-electron chi connectivity index (χ1n) is 6.22. The zero-order valence-corrected chi connectivity index (χ0v) is 14.3. The SMILES string of the molecule is Cc1cc(Cl)c(C)c(S(=O)(=O)N(C)CCCC(=O)O)c1Cl. The summed E-state index contributed by atoms with van der Waals surface area (Å²) in [5, 5.41) is 9.07. The fraction of sp³-hybridized carbons (Fsp3) is 0.462. The van der Waals surface area contributed by atoms with Gasteiger partial charge in [-0.05, 0) is 37.5 Å². The van der Waals surface area contributed by atoms with E-state index in [-0.39, 0.29) is 29.3 Å². The molecule has 0 aromatic heterocycles. The van der Waals surface area contributed by atoms with Gasteiger partial charge in [-0.15, -0.1) is 0 Å². The standard InChI is InChI=1S/C13H17Cl2NO4S/c1-8-7-10(14)9(2)13(12(8)15)21(19,20)16(3)6-4-5-11(17)18/h7H,4-6H2,1-3H3,(H,17,18). The average molecular weight is 354 g/mol. The average Bonchev–Trinajstić information content (AvgIpc) is 2.35. The summed E-state index contributed by atoms with van der Waals surface area (Å²) < 4.78 is 26.3. The number of carboxylic acids is 1. The molecule has 0 aliphatic heterocycles. The molecule has 0 fully saturated rings. The first kappa shape index (κ1) is 18.2. The topological polar surface area (TPSA) is 74.7 Å². The Bertz CT molecular complexity index is 632. The molecule has 0 radical (unpaired) electrons. The second-order valence-electron chi connectivity index (χ2n) is 4.77. The number of hydrogen-bond acceptors (Lipinski definition) is 3. The van der Waals surface area contributed by atoms with E-state index in [1.165, 1.54) is 7.05 Å². The molecule has 0 amide bonds. The van der Waals surface area contributed by atoms with E-state index in [1.54, 1.807) is 19.9 Å². The van der Waals surface area contributed by atoms with Gasteiger partial charge in [0.15, 0.2) is 0 Å². The highest BCUT2D eigenvalue weighted by Crippen LogP contribution is 2.34. The molecule has 21 heavy (non-hydrogen) atoms. The van der Waals surface area contributed by atoms with E-state index in [4.69, 9.17) is 28.3 Å². The monoisotopic (exact) mass is 353 g/mol. The number of carboxylic acid groups (broad SMARTS) is 1. The lowest BCUT2D eigenvalue weighted by molar-refractivity contribution is -0.137. The van der Waals surface area contributed by atoms with Crippen LogP contribution in [0.2, 0.25) is 10.0 Å². The van der Waals surface area contributed by atoms with Crippen LogP contribution in [-0.4, -0.2) is 37.4 Å². The Balaban J connectivity index is 3.16. The minimum atomic E-state index is -3.82. The highest BCUT2D eigenvalue weighted by atomic mass is 35.5. The predicted octanol–water partition coefficient (Wildman–Crippen LogP) is 3.10. The Kier molecular flexibility index (Phi) is 6.04. The van der Waals surface area contributed by atoms with E-state index in [0.717, 1.165) is 4.31 Å². The van der Waals surface area contributed by atoms with Gasteiger partial charge >= 0.3 is 5.97 Å². The van der Waals surface area contributed by atoms with Crippen molar-refractivity contribution in [1.82, 2.24) is 4.31 Å². The van der Waals surface area contributed by atoms with Crippen molar-refractivity contribution in [2.24, 2.45) is 0 Å². The molecule has 1 aromatic rings. The van der Waals surface area contributed by atoms with Crippen LogP contribution in [0.1, 0.15) is 24.0 Å². The number of sulfonamides is 1. The van der Waals surface area contributed by atoms with E-state index < -0.39 is 16.0 Å². The van der Waals surface area contributed by atoms with Gasteiger partial charge in [0.1, 0.15) is 4.90 Å². The second kappa shape index (κ2) is 6.96. The Morgan fingerprint density at radius 1 is 1.33 bits per heavy atom.